The summed E-state index contributed by atoms with van der Waals surface area (Å²) in [4.78, 5) is 44.3. The number of H-pyrrole nitrogens is 1. The molecule has 0 unspecified atom stereocenters. The van der Waals surface area contributed by atoms with E-state index >= 15 is 0 Å². The Morgan fingerprint density at radius 2 is 1.59 bits per heavy atom. The number of imidazole rings is 1. The van der Waals surface area contributed by atoms with Crippen LogP contribution in [-0.4, -0.2) is 33.9 Å². The van der Waals surface area contributed by atoms with Crippen molar-refractivity contribution in [2.45, 2.75) is 0 Å². The number of anilines is 2. The van der Waals surface area contributed by atoms with E-state index in [0.717, 1.165) is 16.6 Å². The number of carbonyl (C=O) groups is 2. The summed E-state index contributed by atoms with van der Waals surface area (Å²) in [6.07, 6.45) is 0. The third-order valence-corrected chi connectivity index (χ3v) is 5.98. The van der Waals surface area contributed by atoms with Crippen molar-refractivity contribution in [3.8, 4) is 22.9 Å². The van der Waals surface area contributed by atoms with E-state index in [9.17, 15) is 19.7 Å². The van der Waals surface area contributed by atoms with Crippen molar-refractivity contribution < 1.29 is 19.2 Å². The summed E-state index contributed by atoms with van der Waals surface area (Å²) < 4.78 is 5.79. The van der Waals surface area contributed by atoms with Gasteiger partial charge in [0.1, 0.15) is 22.9 Å². The van der Waals surface area contributed by atoms with Gasteiger partial charge in [0, 0.05) is 24.7 Å². The lowest BCUT2D eigenvalue weighted by atomic mass is 10.1. The number of nitro benzene ring substituents is 1. The van der Waals surface area contributed by atoms with Crippen molar-refractivity contribution in [2.24, 2.45) is 5.73 Å². The zero-order valence-electron chi connectivity index (χ0n) is 20.6. The van der Waals surface area contributed by atoms with Gasteiger partial charge in [0.25, 0.3) is 11.6 Å². The molecule has 0 saturated heterocycles. The number of urea groups is 1. The predicted molar refractivity (Wildman–Crippen MR) is 146 cm³/mol. The second-order valence-electron chi connectivity index (χ2n) is 8.43. The van der Waals surface area contributed by atoms with Crippen LogP contribution in [0.2, 0.25) is 0 Å². The first kappa shape index (κ1) is 25.0. The van der Waals surface area contributed by atoms with Crippen LogP contribution in [0.3, 0.4) is 0 Å². The highest BCUT2D eigenvalue weighted by molar-refractivity contribution is 5.99. The first-order valence-corrected chi connectivity index (χ1v) is 11.8. The van der Waals surface area contributed by atoms with Gasteiger partial charge in [-0.05, 0) is 66.7 Å². The Morgan fingerprint density at radius 3 is 2.21 bits per heavy atom. The molecule has 39 heavy (non-hydrogen) atoms. The number of fused-ring (bicyclic) bond motifs is 1. The monoisotopic (exact) mass is 522 g/mol. The summed E-state index contributed by atoms with van der Waals surface area (Å²) in [7, 11) is 1.38. The number of nitrogens with one attached hydrogen (secondary N) is 2. The summed E-state index contributed by atoms with van der Waals surface area (Å²) in [5.41, 5.74) is 8.94. The lowest BCUT2D eigenvalue weighted by Crippen LogP contribution is -2.31. The molecule has 4 aromatic carbocycles. The molecule has 0 radical (unpaired) electrons. The zero-order chi connectivity index (χ0) is 27.5. The third-order valence-electron chi connectivity index (χ3n) is 5.98. The zero-order valence-corrected chi connectivity index (χ0v) is 20.6. The molecule has 5 aromatic rings. The van der Waals surface area contributed by atoms with Gasteiger partial charge in [-0.25, -0.2) is 9.78 Å². The smallest absolute Gasteiger partial charge is 0.323 e. The Kier molecular flexibility index (Phi) is 6.62. The Balaban J connectivity index is 1.36. The maximum absolute atomic E-state index is 12.4. The topological polar surface area (TPSA) is 156 Å². The van der Waals surface area contributed by atoms with Crippen LogP contribution >= 0.6 is 0 Å². The second-order valence-corrected chi connectivity index (χ2v) is 8.43. The molecule has 0 spiro atoms. The van der Waals surface area contributed by atoms with E-state index < -0.39 is 16.9 Å². The Labute approximate surface area is 222 Å². The highest BCUT2D eigenvalue weighted by Gasteiger charge is 2.21. The molecule has 194 valence electrons. The minimum atomic E-state index is -0.675. The van der Waals surface area contributed by atoms with Crippen LogP contribution < -0.4 is 20.7 Å². The lowest BCUT2D eigenvalue weighted by molar-refractivity contribution is -0.385. The summed E-state index contributed by atoms with van der Waals surface area (Å²) in [5.74, 6) is 0.728. The van der Waals surface area contributed by atoms with Crippen LogP contribution in [0.5, 0.6) is 11.5 Å². The largest absolute Gasteiger partial charge is 0.457 e. The third kappa shape index (κ3) is 5.09. The molecular weight excluding hydrogens is 500 g/mol. The standard InChI is InChI=1S/C28H22N6O5/c1-30-27(35)22-16-21(14-15-25(22)34(37)38)39-20-12-10-19(11-13-20)33(28(29)36)18-8-6-17(7-9-18)26-31-23-4-2-3-5-24(23)32-26/h2-16H,1H3,(H2,29,36)(H,30,35)(H,31,32). The van der Waals surface area contributed by atoms with Crippen LogP contribution in [0.1, 0.15) is 10.4 Å². The van der Waals surface area contributed by atoms with Gasteiger partial charge in [-0.2, -0.15) is 0 Å². The SMILES string of the molecule is CNC(=O)c1cc(Oc2ccc(N(C(N)=O)c3ccc(-c4nc5ccccc5[nH]4)cc3)cc2)ccc1[N+](=O)[O-]. The quantitative estimate of drug-likeness (QED) is 0.189. The van der Waals surface area contributed by atoms with Gasteiger partial charge in [-0.1, -0.05) is 12.1 Å². The summed E-state index contributed by atoms with van der Waals surface area (Å²) in [5, 5.41) is 13.6. The molecule has 5 rings (SSSR count). The van der Waals surface area contributed by atoms with Gasteiger partial charge in [-0.15, -0.1) is 0 Å². The molecule has 11 nitrogen and oxygen atoms in total. The minimum absolute atomic E-state index is 0.123. The van der Waals surface area contributed by atoms with E-state index in [1.807, 2.05) is 36.4 Å². The van der Waals surface area contributed by atoms with Crippen molar-refractivity contribution in [1.82, 2.24) is 15.3 Å². The molecule has 3 amide bonds. The fourth-order valence-electron chi connectivity index (χ4n) is 4.12. The summed E-state index contributed by atoms with van der Waals surface area (Å²) in [6.45, 7) is 0. The Morgan fingerprint density at radius 1 is 0.949 bits per heavy atom. The highest BCUT2D eigenvalue weighted by Crippen LogP contribution is 2.32. The average molecular weight is 523 g/mol. The fraction of sp³-hybridized carbons (Fsp3) is 0.0357. The summed E-state index contributed by atoms with van der Waals surface area (Å²) >= 11 is 0. The van der Waals surface area contributed by atoms with Gasteiger partial charge in [0.2, 0.25) is 0 Å². The van der Waals surface area contributed by atoms with E-state index in [1.54, 1.807) is 36.4 Å². The Bertz CT molecular complexity index is 1660. The van der Waals surface area contributed by atoms with E-state index in [2.05, 4.69) is 15.3 Å². The minimum Gasteiger partial charge on any atom is -0.457 e. The summed E-state index contributed by atoms with van der Waals surface area (Å²) in [6, 6.07) is 24.7. The number of nitrogens with zero attached hydrogens (tertiary/aromatic N) is 3. The first-order valence-electron chi connectivity index (χ1n) is 11.8. The fourth-order valence-corrected chi connectivity index (χ4v) is 4.12. The number of rotatable bonds is 7. The van der Waals surface area contributed by atoms with Crippen molar-refractivity contribution in [1.29, 1.82) is 0 Å². The molecule has 0 bridgehead atoms. The molecule has 0 aliphatic carbocycles. The van der Waals surface area contributed by atoms with Crippen molar-refractivity contribution >= 4 is 40.0 Å². The van der Waals surface area contributed by atoms with Crippen LogP contribution in [0.25, 0.3) is 22.4 Å². The molecule has 0 saturated carbocycles. The number of ether oxygens (including phenoxy) is 1. The first-order chi connectivity index (χ1) is 18.8. The number of nitrogens with two attached hydrogens (primary N) is 1. The van der Waals surface area contributed by atoms with Gasteiger partial charge >= 0.3 is 6.03 Å². The molecule has 11 heteroatoms. The average Bonchev–Trinajstić information content (AvgIpc) is 3.38. The van der Waals surface area contributed by atoms with E-state index in [1.165, 1.54) is 30.1 Å². The predicted octanol–water partition coefficient (Wildman–Crippen LogP) is 5.51. The number of hydrogen-bond acceptors (Lipinski definition) is 6. The van der Waals surface area contributed by atoms with Gasteiger partial charge < -0.3 is 20.8 Å². The molecule has 4 N–H and O–H groups in total. The molecular formula is C28H22N6O5. The maximum Gasteiger partial charge on any atom is 0.323 e. The number of amides is 3. The lowest BCUT2D eigenvalue weighted by Gasteiger charge is -2.21. The van der Waals surface area contributed by atoms with Crippen molar-refractivity contribution in [3.05, 3.63) is 107 Å². The van der Waals surface area contributed by atoms with E-state index in [-0.39, 0.29) is 17.0 Å². The van der Waals surface area contributed by atoms with Gasteiger partial charge in [0.15, 0.2) is 0 Å². The van der Waals surface area contributed by atoms with Crippen LogP contribution in [-0.2, 0) is 0 Å². The number of benzene rings is 4. The number of para-hydroxylation sites is 2. The maximum atomic E-state index is 12.4. The number of aromatic nitrogens is 2. The molecule has 0 fully saturated rings. The van der Waals surface area contributed by atoms with Crippen LogP contribution in [0.15, 0.2) is 91.0 Å². The molecule has 1 aromatic heterocycles. The number of aromatic amines is 1. The molecule has 0 atom stereocenters. The molecule has 0 aliphatic rings. The van der Waals surface area contributed by atoms with E-state index in [4.69, 9.17) is 10.5 Å². The number of carbonyl (C=O) groups excluding carboxylic acids is 2. The number of primary amides is 1. The highest BCUT2D eigenvalue weighted by atomic mass is 16.6. The second kappa shape index (κ2) is 10.3. The number of hydrogen-bond donors (Lipinski definition) is 3. The Hall–Kier alpha value is -5.71. The van der Waals surface area contributed by atoms with Crippen molar-refractivity contribution in [2.75, 3.05) is 11.9 Å². The number of nitro groups is 1. The van der Waals surface area contributed by atoms with Gasteiger partial charge in [-0.3, -0.25) is 19.8 Å². The van der Waals surface area contributed by atoms with Gasteiger partial charge in [0.05, 0.1) is 27.3 Å². The van der Waals surface area contributed by atoms with E-state index in [0.29, 0.717) is 22.9 Å². The van der Waals surface area contributed by atoms with Crippen LogP contribution in [0, 0.1) is 10.1 Å². The molecule has 1 heterocycles. The van der Waals surface area contributed by atoms with Crippen LogP contribution in [0.4, 0.5) is 21.9 Å². The van der Waals surface area contributed by atoms with Crippen molar-refractivity contribution in [3.63, 3.8) is 0 Å². The molecule has 0 aliphatic heterocycles. The normalized spacial score (nSPS) is 10.7.